The van der Waals surface area contributed by atoms with E-state index in [-0.39, 0.29) is 11.9 Å². The number of hydrogen-bond acceptors (Lipinski definition) is 2. The van der Waals surface area contributed by atoms with E-state index in [2.05, 4.69) is 33.8 Å². The first-order chi connectivity index (χ1) is 9.88. The van der Waals surface area contributed by atoms with E-state index in [0.29, 0.717) is 12.3 Å². The van der Waals surface area contributed by atoms with E-state index in [9.17, 15) is 4.79 Å². The van der Waals surface area contributed by atoms with Gasteiger partial charge in [0.1, 0.15) is 5.58 Å². The Labute approximate surface area is 126 Å². The van der Waals surface area contributed by atoms with Crippen LogP contribution in [0.2, 0.25) is 0 Å². The standard InChI is InChI=1S/C18H25NO2/c1-12(2)10-19(13(3)4)18(20)9-15-11-21-17-8-14(5)6-7-16(15)17/h6-8,11-13H,9-10H2,1-5H3. The van der Waals surface area contributed by atoms with Gasteiger partial charge >= 0.3 is 0 Å². The third kappa shape index (κ3) is 3.66. The molecular weight excluding hydrogens is 262 g/mol. The van der Waals surface area contributed by atoms with Gasteiger partial charge < -0.3 is 9.32 Å². The highest BCUT2D eigenvalue weighted by Gasteiger charge is 2.20. The van der Waals surface area contributed by atoms with E-state index in [1.165, 1.54) is 5.56 Å². The lowest BCUT2D eigenvalue weighted by molar-refractivity contribution is -0.132. The van der Waals surface area contributed by atoms with Gasteiger partial charge in [-0.1, -0.05) is 26.0 Å². The van der Waals surface area contributed by atoms with Crippen molar-refractivity contribution in [3.8, 4) is 0 Å². The molecule has 2 aromatic rings. The lowest BCUT2D eigenvalue weighted by Gasteiger charge is -2.28. The zero-order chi connectivity index (χ0) is 15.6. The van der Waals surface area contributed by atoms with Gasteiger partial charge in [0.05, 0.1) is 12.7 Å². The summed E-state index contributed by atoms with van der Waals surface area (Å²) >= 11 is 0. The summed E-state index contributed by atoms with van der Waals surface area (Å²) in [4.78, 5) is 14.5. The molecule has 0 unspecified atom stereocenters. The van der Waals surface area contributed by atoms with Crippen molar-refractivity contribution in [1.82, 2.24) is 4.90 Å². The number of nitrogens with zero attached hydrogens (tertiary/aromatic N) is 1. The van der Waals surface area contributed by atoms with Crippen LogP contribution in [0.25, 0.3) is 11.0 Å². The summed E-state index contributed by atoms with van der Waals surface area (Å²) in [6.45, 7) is 11.2. The number of furan rings is 1. The molecule has 0 aliphatic carbocycles. The zero-order valence-electron chi connectivity index (χ0n) is 13.6. The highest BCUT2D eigenvalue weighted by Crippen LogP contribution is 2.23. The second-order valence-corrected chi connectivity index (χ2v) is 6.47. The van der Waals surface area contributed by atoms with E-state index >= 15 is 0 Å². The minimum Gasteiger partial charge on any atom is -0.464 e. The molecule has 0 aliphatic rings. The quantitative estimate of drug-likeness (QED) is 0.826. The van der Waals surface area contributed by atoms with Crippen LogP contribution < -0.4 is 0 Å². The Balaban J connectivity index is 2.20. The van der Waals surface area contributed by atoms with Crippen LogP contribution in [0.15, 0.2) is 28.9 Å². The SMILES string of the molecule is Cc1ccc2c(CC(=O)N(CC(C)C)C(C)C)coc2c1. The summed E-state index contributed by atoms with van der Waals surface area (Å²) < 4.78 is 5.58. The molecule has 0 saturated heterocycles. The Morgan fingerprint density at radius 1 is 1.24 bits per heavy atom. The number of benzene rings is 1. The van der Waals surface area contributed by atoms with Crippen LogP contribution in [0.4, 0.5) is 0 Å². The molecule has 0 atom stereocenters. The molecule has 1 aromatic carbocycles. The number of aryl methyl sites for hydroxylation is 1. The zero-order valence-corrected chi connectivity index (χ0v) is 13.6. The minimum absolute atomic E-state index is 0.168. The molecule has 0 saturated carbocycles. The van der Waals surface area contributed by atoms with Crippen molar-refractivity contribution in [3.63, 3.8) is 0 Å². The van der Waals surface area contributed by atoms with Gasteiger partial charge in [0, 0.05) is 23.5 Å². The molecule has 0 spiro atoms. The molecule has 0 fully saturated rings. The average Bonchev–Trinajstić information content (AvgIpc) is 2.77. The minimum atomic E-state index is 0.168. The largest absolute Gasteiger partial charge is 0.464 e. The molecule has 0 radical (unpaired) electrons. The number of hydrogen-bond donors (Lipinski definition) is 0. The summed E-state index contributed by atoms with van der Waals surface area (Å²) in [6.07, 6.45) is 2.12. The fraction of sp³-hybridized carbons (Fsp3) is 0.500. The summed E-state index contributed by atoms with van der Waals surface area (Å²) in [5.74, 6) is 0.641. The molecule has 3 nitrogen and oxygen atoms in total. The molecule has 2 rings (SSSR count). The van der Waals surface area contributed by atoms with Gasteiger partial charge in [-0.3, -0.25) is 4.79 Å². The Morgan fingerprint density at radius 3 is 2.57 bits per heavy atom. The Bertz CT molecular complexity index is 625. The van der Waals surface area contributed by atoms with Crippen molar-refractivity contribution in [3.05, 3.63) is 35.6 Å². The van der Waals surface area contributed by atoms with Gasteiger partial charge in [-0.05, 0) is 38.3 Å². The molecular formula is C18H25NO2. The first-order valence-electron chi connectivity index (χ1n) is 7.64. The summed E-state index contributed by atoms with van der Waals surface area (Å²) in [7, 11) is 0. The van der Waals surface area contributed by atoms with Gasteiger partial charge in [-0.15, -0.1) is 0 Å². The Hall–Kier alpha value is -1.77. The smallest absolute Gasteiger partial charge is 0.227 e. The maximum absolute atomic E-state index is 12.6. The average molecular weight is 287 g/mol. The number of carbonyl (C=O) groups excluding carboxylic acids is 1. The highest BCUT2D eigenvalue weighted by atomic mass is 16.3. The van der Waals surface area contributed by atoms with E-state index < -0.39 is 0 Å². The lowest BCUT2D eigenvalue weighted by atomic mass is 10.1. The molecule has 1 heterocycles. The van der Waals surface area contributed by atoms with Crippen LogP contribution in [0.5, 0.6) is 0 Å². The van der Waals surface area contributed by atoms with Crippen molar-refractivity contribution in [1.29, 1.82) is 0 Å². The number of amides is 1. The number of carbonyl (C=O) groups is 1. The predicted octanol–water partition coefficient (Wildman–Crippen LogP) is 4.18. The van der Waals surface area contributed by atoms with Crippen molar-refractivity contribution in [2.45, 2.75) is 47.1 Å². The first-order valence-corrected chi connectivity index (χ1v) is 7.64. The van der Waals surface area contributed by atoms with Crippen LogP contribution in [0, 0.1) is 12.8 Å². The van der Waals surface area contributed by atoms with Crippen molar-refractivity contribution < 1.29 is 9.21 Å². The maximum atomic E-state index is 12.6. The van der Waals surface area contributed by atoms with Gasteiger partial charge in [0.25, 0.3) is 0 Å². The second kappa shape index (κ2) is 6.33. The molecule has 1 aromatic heterocycles. The normalized spacial score (nSPS) is 11.6. The topological polar surface area (TPSA) is 33.5 Å². The second-order valence-electron chi connectivity index (χ2n) is 6.47. The maximum Gasteiger partial charge on any atom is 0.227 e. The van der Waals surface area contributed by atoms with Crippen molar-refractivity contribution in [2.75, 3.05) is 6.54 Å². The molecule has 114 valence electrons. The van der Waals surface area contributed by atoms with E-state index in [0.717, 1.165) is 23.1 Å². The fourth-order valence-electron chi connectivity index (χ4n) is 2.59. The molecule has 1 amide bonds. The van der Waals surface area contributed by atoms with Gasteiger partial charge in [0.2, 0.25) is 5.91 Å². The summed E-state index contributed by atoms with van der Waals surface area (Å²) in [6, 6.07) is 6.33. The first kappa shape index (κ1) is 15.6. The number of fused-ring (bicyclic) bond motifs is 1. The van der Waals surface area contributed by atoms with Gasteiger partial charge in [0.15, 0.2) is 0 Å². The van der Waals surface area contributed by atoms with Crippen LogP contribution >= 0.6 is 0 Å². The predicted molar refractivity (Wildman–Crippen MR) is 86.3 cm³/mol. The Morgan fingerprint density at radius 2 is 1.95 bits per heavy atom. The summed E-state index contributed by atoms with van der Waals surface area (Å²) in [5, 5.41) is 1.04. The van der Waals surface area contributed by atoms with Crippen LogP contribution in [0.1, 0.15) is 38.8 Å². The van der Waals surface area contributed by atoms with E-state index in [4.69, 9.17) is 4.42 Å². The van der Waals surface area contributed by atoms with Crippen LogP contribution in [-0.2, 0) is 11.2 Å². The van der Waals surface area contributed by atoms with Crippen molar-refractivity contribution in [2.24, 2.45) is 5.92 Å². The molecule has 0 N–H and O–H groups in total. The number of rotatable bonds is 5. The van der Waals surface area contributed by atoms with Gasteiger partial charge in [-0.2, -0.15) is 0 Å². The molecule has 21 heavy (non-hydrogen) atoms. The summed E-state index contributed by atoms with van der Waals surface area (Å²) in [5.41, 5.74) is 3.00. The fourth-order valence-corrected chi connectivity index (χ4v) is 2.59. The lowest BCUT2D eigenvalue weighted by Crippen LogP contribution is -2.40. The van der Waals surface area contributed by atoms with Crippen molar-refractivity contribution >= 4 is 16.9 Å². The van der Waals surface area contributed by atoms with E-state index in [1.807, 2.05) is 24.0 Å². The van der Waals surface area contributed by atoms with Crippen LogP contribution in [0.3, 0.4) is 0 Å². The molecule has 0 aliphatic heterocycles. The van der Waals surface area contributed by atoms with Crippen LogP contribution in [-0.4, -0.2) is 23.4 Å². The Kier molecular flexibility index (Phi) is 4.71. The monoisotopic (exact) mass is 287 g/mol. The third-order valence-corrected chi connectivity index (χ3v) is 3.66. The highest BCUT2D eigenvalue weighted by molar-refractivity contribution is 5.88. The third-order valence-electron chi connectivity index (χ3n) is 3.66. The van der Waals surface area contributed by atoms with E-state index in [1.54, 1.807) is 6.26 Å². The van der Waals surface area contributed by atoms with Gasteiger partial charge in [-0.25, -0.2) is 0 Å². The molecule has 0 bridgehead atoms. The molecule has 3 heteroatoms.